The first-order chi connectivity index (χ1) is 19.6. The molecule has 1 saturated carbocycles. The number of carbonyl (C=O) groups excluding carboxylic acids is 3. The second-order valence-electron chi connectivity index (χ2n) is 14.6. The minimum Gasteiger partial charge on any atom is -0.490 e. The molecule has 1 aromatic carbocycles. The molecule has 4 heteroatoms. The third kappa shape index (κ3) is 5.31. The molecule has 1 aliphatic heterocycles. The van der Waals surface area contributed by atoms with Crippen LogP contribution < -0.4 is 0 Å². The number of Topliss-reactive ketones (excluding diaryl/α,β-unsaturated/α-hetero) is 3. The molecule has 2 bridgehead atoms. The SMILES string of the molecule is CC(C)=CCC/C(C)=C/C[C@@]12C[C@@H](CC=C(C)C)C(C)(C)[C@@](C(=O)c3ccccc3)(C1=O)C1=C(CCC(C)(C)O1)C2=O. The number of ketones is 3. The number of hydrogen-bond donors (Lipinski definition) is 0. The van der Waals surface area contributed by atoms with Crippen molar-refractivity contribution in [1.82, 2.24) is 0 Å². The van der Waals surface area contributed by atoms with Gasteiger partial charge >= 0.3 is 0 Å². The molecule has 4 nitrogen and oxygen atoms in total. The highest BCUT2D eigenvalue weighted by molar-refractivity contribution is 6.30. The van der Waals surface area contributed by atoms with Crippen molar-refractivity contribution in [1.29, 1.82) is 0 Å². The maximum Gasteiger partial charge on any atom is 0.184 e. The van der Waals surface area contributed by atoms with Gasteiger partial charge in [-0.1, -0.05) is 79.1 Å². The van der Waals surface area contributed by atoms with E-state index < -0.39 is 21.8 Å². The summed E-state index contributed by atoms with van der Waals surface area (Å²) >= 11 is 0. The van der Waals surface area contributed by atoms with Crippen LogP contribution in [0.2, 0.25) is 0 Å². The van der Waals surface area contributed by atoms with Crippen LogP contribution in [0.4, 0.5) is 0 Å². The van der Waals surface area contributed by atoms with Crippen molar-refractivity contribution >= 4 is 17.3 Å². The van der Waals surface area contributed by atoms with Gasteiger partial charge in [0.1, 0.15) is 11.4 Å². The molecule has 3 atom stereocenters. The Morgan fingerprint density at radius 1 is 0.929 bits per heavy atom. The lowest BCUT2D eigenvalue weighted by atomic mass is 9.39. The zero-order valence-corrected chi connectivity index (χ0v) is 27.3. The van der Waals surface area contributed by atoms with Crippen molar-refractivity contribution in [2.75, 3.05) is 0 Å². The van der Waals surface area contributed by atoms with E-state index in [2.05, 4.69) is 66.7 Å². The number of hydrogen-bond acceptors (Lipinski definition) is 4. The van der Waals surface area contributed by atoms with Crippen molar-refractivity contribution in [2.45, 2.75) is 113 Å². The summed E-state index contributed by atoms with van der Waals surface area (Å²) < 4.78 is 6.69. The van der Waals surface area contributed by atoms with Gasteiger partial charge in [-0.3, -0.25) is 14.4 Å². The van der Waals surface area contributed by atoms with E-state index in [4.69, 9.17) is 4.74 Å². The molecule has 1 fully saturated rings. The van der Waals surface area contributed by atoms with Gasteiger partial charge in [0.25, 0.3) is 0 Å². The standard InChI is InChI=1S/C38H50O4/c1-25(2)14-13-15-27(5)20-23-37-24-29(19-18-26(3)4)36(8,9)38(34(37)41,31(39)28-16-11-10-12-17-28)33-30(32(37)40)21-22-35(6,7)42-33/h10-12,14,16-18,20,29H,13,15,19,21-24H2,1-9H3/b27-20+/t29-,37+,38-/m1/s1. The molecule has 1 heterocycles. The van der Waals surface area contributed by atoms with Crippen molar-refractivity contribution in [3.8, 4) is 0 Å². The van der Waals surface area contributed by atoms with Crippen LogP contribution in [0.5, 0.6) is 0 Å². The number of allylic oxidation sites excluding steroid dienone is 8. The predicted octanol–water partition coefficient (Wildman–Crippen LogP) is 9.32. The lowest BCUT2D eigenvalue weighted by molar-refractivity contribution is -0.170. The van der Waals surface area contributed by atoms with E-state index in [0.29, 0.717) is 49.0 Å². The highest BCUT2D eigenvalue weighted by atomic mass is 16.5. The van der Waals surface area contributed by atoms with Crippen molar-refractivity contribution in [3.05, 3.63) is 82.2 Å². The topological polar surface area (TPSA) is 60.4 Å². The summed E-state index contributed by atoms with van der Waals surface area (Å²) in [6.45, 7) is 18.5. The zero-order chi connectivity index (χ0) is 31.1. The van der Waals surface area contributed by atoms with E-state index in [9.17, 15) is 4.79 Å². The summed E-state index contributed by atoms with van der Waals surface area (Å²) in [6.07, 6.45) is 10.9. The molecule has 0 unspecified atom stereocenters. The normalized spacial score (nSPS) is 28.0. The smallest absolute Gasteiger partial charge is 0.184 e. The fraction of sp³-hybridized carbons (Fsp3) is 0.553. The molecule has 0 N–H and O–H groups in total. The molecule has 3 aliphatic rings. The van der Waals surface area contributed by atoms with E-state index in [1.807, 2.05) is 32.0 Å². The third-order valence-electron chi connectivity index (χ3n) is 10.1. The van der Waals surface area contributed by atoms with Crippen LogP contribution in [0, 0.1) is 22.2 Å². The summed E-state index contributed by atoms with van der Waals surface area (Å²) in [4.78, 5) is 45.1. The molecule has 42 heavy (non-hydrogen) atoms. The van der Waals surface area contributed by atoms with Crippen LogP contribution in [-0.4, -0.2) is 23.0 Å². The largest absolute Gasteiger partial charge is 0.490 e. The number of fused-ring (bicyclic) bond motifs is 3. The Kier molecular flexibility index (Phi) is 8.80. The third-order valence-corrected chi connectivity index (χ3v) is 10.1. The van der Waals surface area contributed by atoms with Crippen LogP contribution in [0.25, 0.3) is 0 Å². The highest BCUT2D eigenvalue weighted by Gasteiger charge is 2.75. The fourth-order valence-electron chi connectivity index (χ4n) is 7.42. The molecule has 1 aromatic rings. The highest BCUT2D eigenvalue weighted by Crippen LogP contribution is 2.68. The molecule has 0 aromatic heterocycles. The summed E-state index contributed by atoms with van der Waals surface area (Å²) in [5, 5.41) is 0. The Balaban J connectivity index is 2.00. The van der Waals surface area contributed by atoms with Gasteiger partial charge in [0, 0.05) is 11.1 Å². The van der Waals surface area contributed by atoms with Gasteiger partial charge in [0.15, 0.2) is 22.8 Å². The number of rotatable bonds is 9. The van der Waals surface area contributed by atoms with Crippen LogP contribution in [0.3, 0.4) is 0 Å². The molecule has 0 radical (unpaired) electrons. The second-order valence-corrected chi connectivity index (χ2v) is 14.6. The van der Waals surface area contributed by atoms with Crippen molar-refractivity contribution in [3.63, 3.8) is 0 Å². The van der Waals surface area contributed by atoms with Crippen LogP contribution >= 0.6 is 0 Å². The monoisotopic (exact) mass is 570 g/mol. The van der Waals surface area contributed by atoms with Gasteiger partial charge in [0.05, 0.1) is 5.41 Å². The zero-order valence-electron chi connectivity index (χ0n) is 27.3. The average molecular weight is 571 g/mol. The lowest BCUT2D eigenvalue weighted by Crippen LogP contribution is -2.69. The van der Waals surface area contributed by atoms with E-state index >= 15 is 9.59 Å². The first-order valence-corrected chi connectivity index (χ1v) is 15.6. The number of benzene rings is 1. The van der Waals surface area contributed by atoms with Crippen LogP contribution in [-0.2, 0) is 14.3 Å². The Morgan fingerprint density at radius 3 is 2.19 bits per heavy atom. The first-order valence-electron chi connectivity index (χ1n) is 15.6. The first kappa shape index (κ1) is 31.9. The summed E-state index contributed by atoms with van der Waals surface area (Å²) in [6, 6.07) is 9.14. The minimum atomic E-state index is -1.59. The van der Waals surface area contributed by atoms with Gasteiger partial charge < -0.3 is 4.74 Å². The molecule has 226 valence electrons. The molecule has 4 rings (SSSR count). The lowest BCUT2D eigenvalue weighted by Gasteiger charge is -2.61. The molecular weight excluding hydrogens is 520 g/mol. The summed E-state index contributed by atoms with van der Waals surface area (Å²) in [5.41, 5.74) is 0.408. The van der Waals surface area contributed by atoms with E-state index in [0.717, 1.165) is 18.4 Å². The Morgan fingerprint density at radius 2 is 1.57 bits per heavy atom. The maximum atomic E-state index is 15.3. The quantitative estimate of drug-likeness (QED) is 0.169. The van der Waals surface area contributed by atoms with Gasteiger partial charge in [0.2, 0.25) is 0 Å². The van der Waals surface area contributed by atoms with Gasteiger partial charge in [-0.05, 0) is 105 Å². The maximum absolute atomic E-state index is 15.3. The minimum absolute atomic E-state index is 0.0798. The molecule has 0 spiro atoms. The molecule has 2 aliphatic carbocycles. The van der Waals surface area contributed by atoms with Crippen molar-refractivity contribution in [2.24, 2.45) is 22.2 Å². The molecule has 0 saturated heterocycles. The van der Waals surface area contributed by atoms with E-state index in [-0.39, 0.29) is 23.3 Å². The van der Waals surface area contributed by atoms with Crippen LogP contribution in [0.1, 0.15) is 118 Å². The Hall–Kier alpha value is -3.01. The Bertz CT molecular complexity index is 1380. The van der Waals surface area contributed by atoms with Crippen LogP contribution in [0.15, 0.2) is 76.6 Å². The molecular formula is C38H50O4. The fourth-order valence-corrected chi connectivity index (χ4v) is 7.42. The Labute approximate surface area is 253 Å². The van der Waals surface area contributed by atoms with E-state index in [1.165, 1.54) is 11.1 Å². The number of carbonyl (C=O) groups is 3. The predicted molar refractivity (Wildman–Crippen MR) is 170 cm³/mol. The van der Waals surface area contributed by atoms with Gasteiger partial charge in [-0.15, -0.1) is 0 Å². The van der Waals surface area contributed by atoms with E-state index in [1.54, 1.807) is 12.1 Å². The summed E-state index contributed by atoms with van der Waals surface area (Å²) in [7, 11) is 0. The molecule has 0 amide bonds. The van der Waals surface area contributed by atoms with Crippen molar-refractivity contribution < 1.29 is 19.1 Å². The summed E-state index contributed by atoms with van der Waals surface area (Å²) in [5.74, 6) is -0.387. The average Bonchev–Trinajstić information content (AvgIpc) is 2.91. The number of ether oxygens (including phenoxy) is 1. The second kappa shape index (κ2) is 11.6. The van der Waals surface area contributed by atoms with Gasteiger partial charge in [-0.2, -0.15) is 0 Å². The van der Waals surface area contributed by atoms with Gasteiger partial charge in [-0.25, -0.2) is 0 Å².